The summed E-state index contributed by atoms with van der Waals surface area (Å²) in [6.07, 6.45) is 1.32. The highest BCUT2D eigenvalue weighted by Gasteiger charge is 2.38. The van der Waals surface area contributed by atoms with Crippen LogP contribution in [0, 0.1) is 0 Å². The molecule has 0 spiro atoms. The molecule has 0 aromatic rings. The third kappa shape index (κ3) is 1.04. The summed E-state index contributed by atoms with van der Waals surface area (Å²) < 4.78 is 1.73. The van der Waals surface area contributed by atoms with Gasteiger partial charge in [-0.05, 0) is 0 Å². The first kappa shape index (κ1) is 7.77. The van der Waals surface area contributed by atoms with Crippen molar-refractivity contribution in [1.82, 2.24) is 8.43 Å². The van der Waals surface area contributed by atoms with Crippen LogP contribution in [-0.2, 0) is 4.79 Å². The van der Waals surface area contributed by atoms with Crippen LogP contribution in [0.4, 0.5) is 0 Å². The molecule has 7 heteroatoms. The number of carbonyl (C=O) groups is 1. The highest BCUT2D eigenvalue weighted by atomic mass is 127. The number of guanidine groups is 1. The van der Waals surface area contributed by atoms with E-state index in [-0.39, 0.29) is 18.0 Å². The maximum absolute atomic E-state index is 11.2. The predicted octanol–water partition coefficient (Wildman–Crippen LogP) is -1.18. The molecule has 2 aliphatic heterocycles. The van der Waals surface area contributed by atoms with Crippen LogP contribution >= 0.6 is 22.9 Å². The molecule has 6 nitrogen and oxygen atoms in total. The van der Waals surface area contributed by atoms with Crippen LogP contribution in [0.25, 0.3) is 0 Å². The van der Waals surface area contributed by atoms with Gasteiger partial charge >= 0.3 is 0 Å². The highest BCUT2D eigenvalue weighted by Crippen LogP contribution is 2.20. The standard InChI is InChI=1S/C5H6IN5O/c6-11-1-8-2-3(11)9-5(7)10-4(2)12/h1-3H,(H3,7,9,10,12). The van der Waals surface area contributed by atoms with Gasteiger partial charge in [-0.2, -0.15) is 0 Å². The van der Waals surface area contributed by atoms with Gasteiger partial charge < -0.3 is 5.73 Å². The lowest BCUT2D eigenvalue weighted by Crippen LogP contribution is -2.52. The Balaban J connectivity index is 2.32. The summed E-state index contributed by atoms with van der Waals surface area (Å²) in [5.74, 6) is -0.0312. The summed E-state index contributed by atoms with van der Waals surface area (Å²) in [6, 6.07) is -0.436. The minimum Gasteiger partial charge on any atom is -0.370 e. The molecule has 3 N–H and O–H groups in total. The van der Waals surface area contributed by atoms with Crippen LogP contribution in [0.2, 0.25) is 0 Å². The van der Waals surface area contributed by atoms with Crippen LogP contribution in [0.5, 0.6) is 0 Å². The molecule has 0 aromatic heterocycles. The Labute approximate surface area is 82.4 Å². The van der Waals surface area contributed by atoms with E-state index in [0.717, 1.165) is 0 Å². The van der Waals surface area contributed by atoms with E-state index in [1.807, 2.05) is 22.9 Å². The molecule has 0 aliphatic carbocycles. The van der Waals surface area contributed by atoms with Gasteiger partial charge in [0, 0.05) is 0 Å². The number of halogens is 1. The van der Waals surface area contributed by atoms with Crippen molar-refractivity contribution in [3.05, 3.63) is 0 Å². The number of carbonyl (C=O) groups excluding carboxylic acids is 1. The van der Waals surface area contributed by atoms with Crippen molar-refractivity contribution < 1.29 is 4.79 Å². The number of hydrogen-bond acceptors (Lipinski definition) is 5. The van der Waals surface area contributed by atoms with Gasteiger partial charge in [0.05, 0.1) is 29.2 Å². The normalized spacial score (nSPS) is 32.9. The number of rotatable bonds is 0. The van der Waals surface area contributed by atoms with Gasteiger partial charge in [-0.1, -0.05) is 0 Å². The predicted molar refractivity (Wildman–Crippen MR) is 51.7 cm³/mol. The van der Waals surface area contributed by atoms with Gasteiger partial charge in [0.15, 0.2) is 18.2 Å². The molecule has 0 saturated heterocycles. The van der Waals surface area contributed by atoms with E-state index in [4.69, 9.17) is 5.73 Å². The SMILES string of the molecule is NC1=NC2C(N=CN2I)C(=O)N1. The minimum absolute atomic E-state index is 0.161. The number of amides is 1. The third-order valence-corrected chi connectivity index (χ3v) is 2.48. The second-order valence-corrected chi connectivity index (χ2v) is 3.58. The molecule has 0 aromatic carbocycles. The van der Waals surface area contributed by atoms with Crippen molar-refractivity contribution in [2.45, 2.75) is 12.2 Å². The molecule has 0 fully saturated rings. The monoisotopic (exact) mass is 279 g/mol. The van der Waals surface area contributed by atoms with E-state index in [0.29, 0.717) is 0 Å². The van der Waals surface area contributed by atoms with Gasteiger partial charge in [-0.15, -0.1) is 0 Å². The molecule has 0 saturated carbocycles. The first-order chi connectivity index (χ1) is 5.68. The molecular formula is C5H6IN5O. The van der Waals surface area contributed by atoms with Crippen molar-refractivity contribution in [2.24, 2.45) is 15.7 Å². The second kappa shape index (κ2) is 2.57. The molecule has 12 heavy (non-hydrogen) atoms. The van der Waals surface area contributed by atoms with Crippen molar-refractivity contribution in [3.8, 4) is 0 Å². The van der Waals surface area contributed by atoms with Gasteiger partial charge in [-0.25, -0.2) is 4.99 Å². The smallest absolute Gasteiger partial charge is 0.255 e. The lowest BCUT2D eigenvalue weighted by Gasteiger charge is -2.23. The number of nitrogens with zero attached hydrogens (tertiary/aromatic N) is 3. The van der Waals surface area contributed by atoms with Crippen LogP contribution in [-0.4, -0.2) is 33.5 Å². The zero-order valence-electron chi connectivity index (χ0n) is 5.94. The number of hydrogen-bond donors (Lipinski definition) is 2. The Hall–Kier alpha value is -0.860. The fourth-order valence-corrected chi connectivity index (χ4v) is 1.69. The molecule has 2 unspecified atom stereocenters. The number of aliphatic imine (C=N–C) groups is 2. The Morgan fingerprint density at radius 2 is 2.50 bits per heavy atom. The fourth-order valence-electron chi connectivity index (χ4n) is 1.12. The maximum Gasteiger partial charge on any atom is 0.255 e. The average Bonchev–Trinajstić information content (AvgIpc) is 2.33. The van der Waals surface area contributed by atoms with Gasteiger partial charge in [0.2, 0.25) is 0 Å². The van der Waals surface area contributed by atoms with Gasteiger partial charge in [-0.3, -0.25) is 18.2 Å². The third-order valence-electron chi connectivity index (χ3n) is 1.66. The molecule has 64 valence electrons. The summed E-state index contributed by atoms with van der Waals surface area (Å²) in [5, 5.41) is 2.42. The zero-order chi connectivity index (χ0) is 8.72. The molecular weight excluding hydrogens is 273 g/mol. The fraction of sp³-hybridized carbons (Fsp3) is 0.400. The molecule has 2 heterocycles. The van der Waals surface area contributed by atoms with Crippen LogP contribution in [0.3, 0.4) is 0 Å². The zero-order valence-corrected chi connectivity index (χ0v) is 8.09. The van der Waals surface area contributed by atoms with Crippen molar-refractivity contribution in [2.75, 3.05) is 0 Å². The second-order valence-electron chi connectivity index (χ2n) is 2.47. The Bertz CT molecular complexity index is 288. The molecule has 1 amide bonds. The Morgan fingerprint density at radius 3 is 3.25 bits per heavy atom. The lowest BCUT2D eigenvalue weighted by molar-refractivity contribution is -0.121. The summed E-state index contributed by atoms with van der Waals surface area (Å²) in [5.41, 5.74) is 5.38. The first-order valence-electron chi connectivity index (χ1n) is 3.30. The molecule has 2 aliphatic rings. The summed E-state index contributed by atoms with van der Waals surface area (Å²) >= 11 is 2.03. The largest absolute Gasteiger partial charge is 0.370 e. The van der Waals surface area contributed by atoms with E-state index in [2.05, 4.69) is 15.3 Å². The van der Waals surface area contributed by atoms with Crippen molar-refractivity contribution >= 4 is 41.1 Å². The summed E-state index contributed by atoms with van der Waals surface area (Å²) in [7, 11) is 0. The van der Waals surface area contributed by atoms with E-state index >= 15 is 0 Å². The van der Waals surface area contributed by atoms with Crippen LogP contribution in [0.15, 0.2) is 9.98 Å². The number of fused-ring (bicyclic) bond motifs is 1. The summed E-state index contributed by atoms with van der Waals surface area (Å²) in [4.78, 5) is 19.2. The minimum atomic E-state index is -0.436. The average molecular weight is 279 g/mol. The van der Waals surface area contributed by atoms with Crippen molar-refractivity contribution in [1.29, 1.82) is 0 Å². The number of nitrogens with one attached hydrogen (secondary N) is 1. The molecule has 2 rings (SSSR count). The van der Waals surface area contributed by atoms with E-state index < -0.39 is 6.04 Å². The summed E-state index contributed by atoms with van der Waals surface area (Å²) in [6.45, 7) is 0. The highest BCUT2D eigenvalue weighted by molar-refractivity contribution is 14.1. The van der Waals surface area contributed by atoms with Crippen molar-refractivity contribution in [3.63, 3.8) is 0 Å². The Kier molecular flexibility index (Phi) is 1.67. The maximum atomic E-state index is 11.2. The quantitative estimate of drug-likeness (QED) is 0.432. The van der Waals surface area contributed by atoms with E-state index in [9.17, 15) is 4.79 Å². The van der Waals surface area contributed by atoms with Crippen LogP contribution in [0.1, 0.15) is 0 Å². The van der Waals surface area contributed by atoms with E-state index in [1.165, 1.54) is 0 Å². The molecule has 0 radical (unpaired) electrons. The van der Waals surface area contributed by atoms with Gasteiger partial charge in [0.25, 0.3) is 5.91 Å². The first-order valence-corrected chi connectivity index (χ1v) is 4.26. The Morgan fingerprint density at radius 1 is 1.75 bits per heavy atom. The van der Waals surface area contributed by atoms with E-state index in [1.54, 1.807) is 9.45 Å². The lowest BCUT2D eigenvalue weighted by atomic mass is 10.2. The topological polar surface area (TPSA) is 83.1 Å². The molecule has 2 atom stereocenters. The molecule has 0 bridgehead atoms. The number of nitrogens with two attached hydrogens (primary N) is 1. The van der Waals surface area contributed by atoms with Gasteiger partial charge in [0.1, 0.15) is 0 Å². The van der Waals surface area contributed by atoms with Crippen LogP contribution < -0.4 is 11.1 Å².